The third kappa shape index (κ3) is 5.93. The maximum absolute atomic E-state index is 13.1. The molecule has 0 aliphatic rings. The van der Waals surface area contributed by atoms with E-state index in [1.165, 1.54) is 35.6 Å². The first-order valence-corrected chi connectivity index (χ1v) is 11.0. The molecule has 2 heterocycles. The average molecular weight is 511 g/mol. The molecule has 0 aliphatic heterocycles. The van der Waals surface area contributed by atoms with Gasteiger partial charge in [-0.15, -0.1) is 12.4 Å². The SMILES string of the molecule is COc1ccc(Cl)c2sc(N(CCCn3ccnc3)C(=O)COc3ccc(F)cc3)nc12.Cl. The topological polar surface area (TPSA) is 69.5 Å². The number of thiazole rings is 1. The summed E-state index contributed by atoms with van der Waals surface area (Å²) in [7, 11) is 1.56. The van der Waals surface area contributed by atoms with Gasteiger partial charge in [0.25, 0.3) is 5.91 Å². The van der Waals surface area contributed by atoms with Gasteiger partial charge in [0.2, 0.25) is 0 Å². The number of methoxy groups -OCH3 is 1. The minimum Gasteiger partial charge on any atom is -0.494 e. The number of fused-ring (bicyclic) bond motifs is 1. The molecule has 2 aromatic carbocycles. The van der Waals surface area contributed by atoms with Crippen LogP contribution in [0.4, 0.5) is 9.52 Å². The molecule has 0 bridgehead atoms. The van der Waals surface area contributed by atoms with Gasteiger partial charge in [-0.1, -0.05) is 22.9 Å². The van der Waals surface area contributed by atoms with Crippen molar-refractivity contribution in [2.45, 2.75) is 13.0 Å². The fraction of sp³-hybridized carbons (Fsp3) is 0.227. The number of imidazole rings is 1. The number of rotatable bonds is 9. The Morgan fingerprint density at radius 3 is 2.73 bits per heavy atom. The Hall–Kier alpha value is -2.88. The molecule has 174 valence electrons. The van der Waals surface area contributed by atoms with Crippen molar-refractivity contribution in [1.82, 2.24) is 14.5 Å². The second-order valence-corrected chi connectivity index (χ2v) is 8.25. The van der Waals surface area contributed by atoms with Crippen LogP contribution in [0, 0.1) is 5.82 Å². The molecule has 2 aromatic heterocycles. The summed E-state index contributed by atoms with van der Waals surface area (Å²) in [6.45, 7) is 0.901. The van der Waals surface area contributed by atoms with E-state index in [1.54, 1.807) is 36.7 Å². The molecule has 4 aromatic rings. The van der Waals surface area contributed by atoms with Gasteiger partial charge in [0, 0.05) is 25.5 Å². The lowest BCUT2D eigenvalue weighted by molar-refractivity contribution is -0.120. The first kappa shape index (κ1) is 24.8. The van der Waals surface area contributed by atoms with Crippen molar-refractivity contribution in [3.63, 3.8) is 0 Å². The number of hydrogen-bond donors (Lipinski definition) is 0. The maximum Gasteiger partial charge on any atom is 0.266 e. The summed E-state index contributed by atoms with van der Waals surface area (Å²) in [6.07, 6.45) is 5.99. The van der Waals surface area contributed by atoms with Crippen LogP contribution in [0.2, 0.25) is 5.02 Å². The van der Waals surface area contributed by atoms with Crippen LogP contribution in [0.15, 0.2) is 55.1 Å². The van der Waals surface area contributed by atoms with Crippen molar-refractivity contribution >= 4 is 56.6 Å². The zero-order valence-electron chi connectivity index (χ0n) is 17.6. The van der Waals surface area contributed by atoms with Gasteiger partial charge < -0.3 is 14.0 Å². The molecule has 11 heteroatoms. The highest BCUT2D eigenvalue weighted by Crippen LogP contribution is 2.38. The van der Waals surface area contributed by atoms with E-state index in [2.05, 4.69) is 9.97 Å². The highest BCUT2D eigenvalue weighted by molar-refractivity contribution is 7.23. The van der Waals surface area contributed by atoms with Crippen molar-refractivity contribution in [1.29, 1.82) is 0 Å². The van der Waals surface area contributed by atoms with Crippen molar-refractivity contribution in [2.75, 3.05) is 25.2 Å². The molecule has 0 saturated carbocycles. The molecular weight excluding hydrogens is 490 g/mol. The molecule has 0 aliphatic carbocycles. The summed E-state index contributed by atoms with van der Waals surface area (Å²) < 4.78 is 26.8. The summed E-state index contributed by atoms with van der Waals surface area (Å²) in [5, 5.41) is 1.04. The molecule has 0 unspecified atom stereocenters. The molecule has 7 nitrogen and oxygen atoms in total. The number of anilines is 1. The first-order chi connectivity index (χ1) is 15.5. The third-order valence-electron chi connectivity index (χ3n) is 4.73. The Kier molecular flexibility index (Phi) is 8.49. The predicted octanol–water partition coefficient (Wildman–Crippen LogP) is 5.22. The van der Waals surface area contributed by atoms with E-state index < -0.39 is 0 Å². The lowest BCUT2D eigenvalue weighted by Crippen LogP contribution is -2.36. The largest absolute Gasteiger partial charge is 0.494 e. The van der Waals surface area contributed by atoms with Gasteiger partial charge in [0.15, 0.2) is 11.7 Å². The molecule has 33 heavy (non-hydrogen) atoms. The van der Waals surface area contributed by atoms with E-state index in [9.17, 15) is 9.18 Å². The summed E-state index contributed by atoms with van der Waals surface area (Å²) in [5.74, 6) is 0.353. The smallest absolute Gasteiger partial charge is 0.266 e. The molecule has 0 atom stereocenters. The van der Waals surface area contributed by atoms with Crippen molar-refractivity contribution in [2.24, 2.45) is 0 Å². The predicted molar refractivity (Wildman–Crippen MR) is 130 cm³/mol. The van der Waals surface area contributed by atoms with Crippen molar-refractivity contribution in [3.05, 3.63) is 66.0 Å². The summed E-state index contributed by atoms with van der Waals surface area (Å²) in [4.78, 5) is 23.4. The van der Waals surface area contributed by atoms with E-state index in [0.29, 0.717) is 46.7 Å². The molecule has 0 fully saturated rings. The zero-order valence-corrected chi connectivity index (χ0v) is 20.0. The molecule has 0 saturated heterocycles. The zero-order chi connectivity index (χ0) is 22.5. The Morgan fingerprint density at radius 1 is 1.24 bits per heavy atom. The Bertz CT molecular complexity index is 1200. The summed E-state index contributed by atoms with van der Waals surface area (Å²) in [6, 6.07) is 9.02. The number of carbonyl (C=O) groups is 1. The van der Waals surface area contributed by atoms with Gasteiger partial charge in [0.05, 0.1) is 23.2 Å². The molecule has 0 radical (unpaired) electrons. The Labute approximate surface area is 205 Å². The fourth-order valence-electron chi connectivity index (χ4n) is 3.13. The monoisotopic (exact) mass is 510 g/mol. The summed E-state index contributed by atoms with van der Waals surface area (Å²) >= 11 is 7.67. The quantitative estimate of drug-likeness (QED) is 0.308. The maximum atomic E-state index is 13.1. The second-order valence-electron chi connectivity index (χ2n) is 6.87. The van der Waals surface area contributed by atoms with E-state index in [-0.39, 0.29) is 30.7 Å². The standard InChI is InChI=1S/C22H20ClFN4O3S.ClH/c1-30-18-8-7-17(23)21-20(18)26-22(32-21)28(11-2-10-27-12-9-25-14-27)19(29)13-31-16-5-3-15(24)4-6-16;/h3-9,12,14H,2,10-11,13H2,1H3;1H. The van der Waals surface area contributed by atoms with E-state index in [1.807, 2.05) is 10.8 Å². The normalized spacial score (nSPS) is 10.6. The number of carbonyl (C=O) groups excluding carboxylic acids is 1. The Morgan fingerprint density at radius 2 is 2.03 bits per heavy atom. The van der Waals surface area contributed by atoms with Crippen LogP contribution in [0.1, 0.15) is 6.42 Å². The molecule has 0 spiro atoms. The number of hydrogen-bond acceptors (Lipinski definition) is 6. The molecule has 0 N–H and O–H groups in total. The van der Waals surface area contributed by atoms with Crippen LogP contribution < -0.4 is 14.4 Å². The van der Waals surface area contributed by atoms with Gasteiger partial charge in [-0.05, 0) is 42.8 Å². The lowest BCUT2D eigenvalue weighted by Gasteiger charge is -2.20. The number of amides is 1. The second kappa shape index (κ2) is 11.3. The van der Waals surface area contributed by atoms with Gasteiger partial charge in [0.1, 0.15) is 22.8 Å². The highest BCUT2D eigenvalue weighted by Gasteiger charge is 2.22. The Balaban J connectivity index is 0.00000306. The van der Waals surface area contributed by atoms with Crippen LogP contribution in [0.25, 0.3) is 10.2 Å². The van der Waals surface area contributed by atoms with E-state index in [0.717, 1.165) is 4.70 Å². The number of nitrogens with zero attached hydrogens (tertiary/aromatic N) is 4. The average Bonchev–Trinajstić information content (AvgIpc) is 3.47. The third-order valence-corrected chi connectivity index (χ3v) is 6.27. The fourth-order valence-corrected chi connectivity index (χ4v) is 4.43. The molecule has 1 amide bonds. The number of aromatic nitrogens is 3. The molecular formula is C22H21Cl2FN4O3S. The van der Waals surface area contributed by atoms with E-state index >= 15 is 0 Å². The van der Waals surface area contributed by atoms with Gasteiger partial charge in [-0.2, -0.15) is 0 Å². The number of ether oxygens (including phenoxy) is 2. The first-order valence-electron chi connectivity index (χ1n) is 9.82. The summed E-state index contributed by atoms with van der Waals surface area (Å²) in [5.41, 5.74) is 0.604. The van der Waals surface area contributed by atoms with Gasteiger partial charge >= 0.3 is 0 Å². The van der Waals surface area contributed by atoms with Crippen molar-refractivity contribution in [3.8, 4) is 11.5 Å². The minimum atomic E-state index is -0.370. The van der Waals surface area contributed by atoms with Crippen molar-refractivity contribution < 1.29 is 18.7 Å². The number of halogens is 3. The number of aryl methyl sites for hydroxylation is 1. The van der Waals surface area contributed by atoms with Crippen LogP contribution >= 0.6 is 35.3 Å². The minimum absolute atomic E-state index is 0. The van der Waals surface area contributed by atoms with Gasteiger partial charge in [-0.25, -0.2) is 14.4 Å². The van der Waals surface area contributed by atoms with Crippen LogP contribution in [-0.4, -0.2) is 40.7 Å². The van der Waals surface area contributed by atoms with Crippen LogP contribution in [0.3, 0.4) is 0 Å². The van der Waals surface area contributed by atoms with Crippen LogP contribution in [0.5, 0.6) is 11.5 Å². The molecule has 4 rings (SSSR count). The van der Waals surface area contributed by atoms with E-state index in [4.69, 9.17) is 21.1 Å². The highest BCUT2D eigenvalue weighted by atomic mass is 35.5. The van der Waals surface area contributed by atoms with Crippen LogP contribution in [-0.2, 0) is 11.3 Å². The van der Waals surface area contributed by atoms with Gasteiger partial charge in [-0.3, -0.25) is 9.69 Å². The number of benzene rings is 2. The lowest BCUT2D eigenvalue weighted by atomic mass is 10.3.